The molecule has 2 unspecified atom stereocenters. The van der Waals surface area contributed by atoms with Crippen molar-refractivity contribution in [3.05, 3.63) is 29.3 Å². The number of fused-ring (bicyclic) bond motifs is 1. The highest BCUT2D eigenvalue weighted by molar-refractivity contribution is 5.87. The molecule has 0 bridgehead atoms. The smallest absolute Gasteiger partial charge is 0.321 e. The normalized spacial score (nSPS) is 21.8. The number of imidazole rings is 1. The van der Waals surface area contributed by atoms with Gasteiger partial charge in [-0.2, -0.15) is 0 Å². The zero-order valence-electron chi connectivity index (χ0n) is 15.4. The van der Waals surface area contributed by atoms with E-state index in [2.05, 4.69) is 30.6 Å². The van der Waals surface area contributed by atoms with Gasteiger partial charge < -0.3 is 20.3 Å². The molecule has 2 aromatic rings. The van der Waals surface area contributed by atoms with Crippen LogP contribution in [0.4, 0.5) is 16.7 Å². The van der Waals surface area contributed by atoms with Gasteiger partial charge in [0.25, 0.3) is 0 Å². The summed E-state index contributed by atoms with van der Waals surface area (Å²) in [5, 5.41) is 15.1. The van der Waals surface area contributed by atoms with Crippen molar-refractivity contribution in [2.75, 3.05) is 29.9 Å². The van der Waals surface area contributed by atoms with Crippen LogP contribution in [0.2, 0.25) is 0 Å². The van der Waals surface area contributed by atoms with Crippen LogP contribution in [-0.2, 0) is 12.8 Å². The summed E-state index contributed by atoms with van der Waals surface area (Å²) in [4.78, 5) is 30.4. The first-order valence-corrected chi connectivity index (χ1v) is 9.50. The van der Waals surface area contributed by atoms with E-state index in [0.29, 0.717) is 30.9 Å². The highest BCUT2D eigenvalue weighted by atomic mass is 16.3. The van der Waals surface area contributed by atoms with Crippen LogP contribution in [0.1, 0.15) is 42.6 Å². The van der Waals surface area contributed by atoms with E-state index >= 15 is 0 Å². The quantitative estimate of drug-likeness (QED) is 0.641. The fourth-order valence-electron chi connectivity index (χ4n) is 3.76. The number of urea groups is 1. The summed E-state index contributed by atoms with van der Waals surface area (Å²) in [5.74, 6) is 1.49. The summed E-state index contributed by atoms with van der Waals surface area (Å²) in [5.41, 5.74) is 3.18. The number of anilines is 2. The van der Waals surface area contributed by atoms with Gasteiger partial charge in [-0.05, 0) is 44.1 Å². The van der Waals surface area contributed by atoms with E-state index in [1.807, 2.05) is 24.2 Å². The lowest BCUT2D eigenvalue weighted by Gasteiger charge is -2.22. The van der Waals surface area contributed by atoms with Gasteiger partial charge in [-0.15, -0.1) is 0 Å². The maximum absolute atomic E-state index is 11.7. The Hall–Kier alpha value is -2.68. The highest BCUT2D eigenvalue weighted by Gasteiger charge is 2.26. The van der Waals surface area contributed by atoms with Gasteiger partial charge in [-0.25, -0.2) is 19.7 Å². The van der Waals surface area contributed by atoms with E-state index in [1.165, 1.54) is 0 Å². The number of β-amino-alcohol motifs (C(OH)–C–C–N with tert-alkyl or cyclic N) is 1. The number of H-pyrrole nitrogens is 1. The fourth-order valence-corrected chi connectivity index (χ4v) is 3.76. The molecule has 2 amide bonds. The van der Waals surface area contributed by atoms with Crippen molar-refractivity contribution in [2.45, 2.75) is 44.6 Å². The SMILES string of the molecule is CCNC(=O)Nc1nc2c([nH]1)CCC(c1cnc(N3CCC(O)C3)nc1)C2. The summed E-state index contributed by atoms with van der Waals surface area (Å²) < 4.78 is 0. The topological polar surface area (TPSA) is 119 Å². The van der Waals surface area contributed by atoms with E-state index in [4.69, 9.17) is 0 Å². The highest BCUT2D eigenvalue weighted by Crippen LogP contribution is 2.32. The monoisotopic (exact) mass is 371 g/mol. The Morgan fingerprint density at radius 3 is 2.89 bits per heavy atom. The molecule has 9 heteroatoms. The zero-order valence-corrected chi connectivity index (χ0v) is 15.4. The third kappa shape index (κ3) is 3.87. The third-order valence-electron chi connectivity index (χ3n) is 5.19. The minimum absolute atomic E-state index is 0.254. The van der Waals surface area contributed by atoms with Crippen LogP contribution in [0.5, 0.6) is 0 Å². The Balaban J connectivity index is 1.42. The predicted octanol–water partition coefficient (Wildman–Crippen LogP) is 1.18. The molecular weight excluding hydrogens is 346 g/mol. The van der Waals surface area contributed by atoms with Crippen molar-refractivity contribution in [1.82, 2.24) is 25.3 Å². The molecule has 1 saturated heterocycles. The maximum atomic E-state index is 11.7. The maximum Gasteiger partial charge on any atom is 0.321 e. The Kier molecular flexibility index (Phi) is 4.93. The van der Waals surface area contributed by atoms with E-state index in [1.54, 1.807) is 0 Å². The number of aliphatic hydroxyl groups is 1. The molecule has 144 valence electrons. The Morgan fingerprint density at radius 2 is 2.19 bits per heavy atom. The molecule has 2 aromatic heterocycles. The number of aryl methyl sites for hydroxylation is 1. The van der Waals surface area contributed by atoms with Crippen LogP contribution in [0.3, 0.4) is 0 Å². The first-order valence-electron chi connectivity index (χ1n) is 9.50. The van der Waals surface area contributed by atoms with Crippen LogP contribution in [-0.4, -0.2) is 56.8 Å². The number of carbonyl (C=O) groups is 1. The second kappa shape index (κ2) is 7.51. The number of aromatic amines is 1. The largest absolute Gasteiger partial charge is 0.391 e. The third-order valence-corrected chi connectivity index (χ3v) is 5.19. The summed E-state index contributed by atoms with van der Waals surface area (Å²) in [7, 11) is 0. The molecule has 4 rings (SSSR count). The van der Waals surface area contributed by atoms with Crippen molar-refractivity contribution in [3.8, 4) is 0 Å². The van der Waals surface area contributed by atoms with E-state index in [0.717, 1.165) is 49.2 Å². The predicted molar refractivity (Wildman–Crippen MR) is 101 cm³/mol. The van der Waals surface area contributed by atoms with Crippen molar-refractivity contribution in [2.24, 2.45) is 0 Å². The van der Waals surface area contributed by atoms with Crippen LogP contribution in [0.25, 0.3) is 0 Å². The van der Waals surface area contributed by atoms with Crippen molar-refractivity contribution in [1.29, 1.82) is 0 Å². The minimum atomic E-state index is -0.285. The Morgan fingerprint density at radius 1 is 1.37 bits per heavy atom. The van der Waals surface area contributed by atoms with Crippen LogP contribution in [0.15, 0.2) is 12.4 Å². The molecule has 0 aromatic carbocycles. The molecule has 0 radical (unpaired) electrons. The van der Waals surface area contributed by atoms with Gasteiger partial charge in [-0.1, -0.05) is 0 Å². The first-order chi connectivity index (χ1) is 13.1. The van der Waals surface area contributed by atoms with Gasteiger partial charge in [0, 0.05) is 37.7 Å². The number of hydrogen-bond donors (Lipinski definition) is 4. The van der Waals surface area contributed by atoms with Gasteiger partial charge in [-0.3, -0.25) is 5.32 Å². The first kappa shape index (κ1) is 17.7. The molecule has 2 aliphatic rings. The lowest BCUT2D eigenvalue weighted by Crippen LogP contribution is -2.28. The lowest BCUT2D eigenvalue weighted by molar-refractivity contribution is 0.198. The van der Waals surface area contributed by atoms with Gasteiger partial charge in [0.05, 0.1) is 11.8 Å². The number of rotatable bonds is 4. The summed E-state index contributed by atoms with van der Waals surface area (Å²) in [6, 6.07) is -0.254. The molecule has 1 aliphatic heterocycles. The molecule has 0 spiro atoms. The molecular formula is C18H25N7O2. The molecule has 4 N–H and O–H groups in total. The second-order valence-electron chi connectivity index (χ2n) is 7.14. The number of nitrogens with zero attached hydrogens (tertiary/aromatic N) is 4. The van der Waals surface area contributed by atoms with E-state index in [9.17, 15) is 9.90 Å². The van der Waals surface area contributed by atoms with E-state index < -0.39 is 0 Å². The number of aliphatic hydroxyl groups excluding tert-OH is 1. The average molecular weight is 371 g/mol. The lowest BCUT2D eigenvalue weighted by atomic mass is 9.86. The van der Waals surface area contributed by atoms with Gasteiger partial charge in [0.1, 0.15) is 0 Å². The van der Waals surface area contributed by atoms with Crippen LogP contribution < -0.4 is 15.5 Å². The molecule has 27 heavy (non-hydrogen) atoms. The molecule has 0 saturated carbocycles. The van der Waals surface area contributed by atoms with Crippen LogP contribution in [0, 0.1) is 0 Å². The van der Waals surface area contributed by atoms with Crippen molar-refractivity contribution >= 4 is 17.9 Å². The molecule has 1 aliphatic carbocycles. The minimum Gasteiger partial charge on any atom is -0.391 e. The number of aromatic nitrogens is 4. The second-order valence-corrected chi connectivity index (χ2v) is 7.14. The number of hydrogen-bond acceptors (Lipinski definition) is 6. The average Bonchev–Trinajstić information content (AvgIpc) is 3.27. The summed E-state index contributed by atoms with van der Waals surface area (Å²) in [6.07, 6.45) is 6.93. The van der Waals surface area contributed by atoms with Gasteiger partial charge in [0.2, 0.25) is 11.9 Å². The zero-order chi connectivity index (χ0) is 18.8. The number of carbonyl (C=O) groups excluding carboxylic acids is 1. The summed E-state index contributed by atoms with van der Waals surface area (Å²) in [6.45, 7) is 3.83. The molecule has 9 nitrogen and oxygen atoms in total. The fraction of sp³-hybridized carbons (Fsp3) is 0.556. The number of nitrogens with one attached hydrogen (secondary N) is 3. The van der Waals surface area contributed by atoms with Gasteiger partial charge in [0.15, 0.2) is 0 Å². The summed E-state index contributed by atoms with van der Waals surface area (Å²) >= 11 is 0. The van der Waals surface area contributed by atoms with Gasteiger partial charge >= 0.3 is 6.03 Å². The standard InChI is InChI=1S/C18H25N7O2/c1-2-19-18(27)24-16-22-14-4-3-11(7-15(14)23-16)12-8-20-17(21-9-12)25-6-5-13(26)10-25/h8-9,11,13,26H,2-7,10H2,1H3,(H3,19,22,23,24,27). The van der Waals surface area contributed by atoms with Crippen molar-refractivity contribution < 1.29 is 9.90 Å². The van der Waals surface area contributed by atoms with E-state index in [-0.39, 0.29) is 12.1 Å². The van der Waals surface area contributed by atoms with Crippen LogP contribution >= 0.6 is 0 Å². The Labute approximate surface area is 157 Å². The molecule has 3 heterocycles. The van der Waals surface area contributed by atoms with Crippen molar-refractivity contribution in [3.63, 3.8) is 0 Å². The Bertz CT molecular complexity index is 805. The molecule has 2 atom stereocenters. The number of amides is 2. The molecule has 1 fully saturated rings.